The Hall–Kier alpha value is -2.09. The average Bonchev–Trinajstić information content (AvgIpc) is 2.47. The average molecular weight is 268 g/mol. The van der Waals surface area contributed by atoms with Crippen LogP contribution in [0.3, 0.4) is 0 Å². The Morgan fingerprint density at radius 3 is 2.45 bits per heavy atom. The minimum Gasteiger partial charge on any atom is -0.454 e. The van der Waals surface area contributed by atoms with E-state index in [0.29, 0.717) is 5.56 Å². The van der Waals surface area contributed by atoms with Gasteiger partial charge in [-0.3, -0.25) is 0 Å². The molecule has 0 saturated carbocycles. The SMILES string of the molecule is CCc1ccccc1C(=O)OC(C)c1ccccc1C. The van der Waals surface area contributed by atoms with Gasteiger partial charge < -0.3 is 4.74 Å². The van der Waals surface area contributed by atoms with Crippen LogP contribution in [0, 0.1) is 6.92 Å². The number of rotatable bonds is 4. The van der Waals surface area contributed by atoms with Gasteiger partial charge in [-0.05, 0) is 43.0 Å². The van der Waals surface area contributed by atoms with Crippen molar-refractivity contribution >= 4 is 5.97 Å². The van der Waals surface area contributed by atoms with Gasteiger partial charge >= 0.3 is 5.97 Å². The lowest BCUT2D eigenvalue weighted by molar-refractivity contribution is 0.0335. The van der Waals surface area contributed by atoms with E-state index >= 15 is 0 Å². The summed E-state index contributed by atoms with van der Waals surface area (Å²) in [7, 11) is 0. The highest BCUT2D eigenvalue weighted by Gasteiger charge is 2.16. The molecule has 2 aromatic carbocycles. The smallest absolute Gasteiger partial charge is 0.339 e. The molecule has 0 aromatic heterocycles. The van der Waals surface area contributed by atoms with Crippen LogP contribution in [0.1, 0.15) is 47.0 Å². The summed E-state index contributed by atoms with van der Waals surface area (Å²) < 4.78 is 5.61. The van der Waals surface area contributed by atoms with E-state index in [-0.39, 0.29) is 12.1 Å². The summed E-state index contributed by atoms with van der Waals surface area (Å²) >= 11 is 0. The zero-order chi connectivity index (χ0) is 14.5. The molecule has 0 radical (unpaired) electrons. The molecule has 0 saturated heterocycles. The van der Waals surface area contributed by atoms with E-state index in [1.165, 1.54) is 0 Å². The van der Waals surface area contributed by atoms with Crippen LogP contribution in [0.4, 0.5) is 0 Å². The normalized spacial score (nSPS) is 11.9. The molecule has 2 aromatic rings. The summed E-state index contributed by atoms with van der Waals surface area (Å²) in [5.74, 6) is -0.252. The van der Waals surface area contributed by atoms with Crippen LogP contribution in [0.15, 0.2) is 48.5 Å². The lowest BCUT2D eigenvalue weighted by Gasteiger charge is -2.16. The first kappa shape index (κ1) is 14.3. The van der Waals surface area contributed by atoms with Crippen LogP contribution in [0.5, 0.6) is 0 Å². The Balaban J connectivity index is 2.18. The topological polar surface area (TPSA) is 26.3 Å². The first-order valence-electron chi connectivity index (χ1n) is 6.98. The summed E-state index contributed by atoms with van der Waals surface area (Å²) in [5.41, 5.74) is 3.87. The summed E-state index contributed by atoms with van der Waals surface area (Å²) in [4.78, 5) is 12.3. The number of benzene rings is 2. The van der Waals surface area contributed by atoms with Crippen LogP contribution in [-0.4, -0.2) is 5.97 Å². The van der Waals surface area contributed by atoms with E-state index in [2.05, 4.69) is 0 Å². The minimum atomic E-state index is -0.252. The summed E-state index contributed by atoms with van der Waals surface area (Å²) in [5, 5.41) is 0. The molecule has 2 heteroatoms. The van der Waals surface area contributed by atoms with Crippen molar-refractivity contribution in [2.24, 2.45) is 0 Å². The molecule has 0 amide bonds. The number of hydrogen-bond donors (Lipinski definition) is 0. The molecule has 0 heterocycles. The van der Waals surface area contributed by atoms with Crippen molar-refractivity contribution in [3.63, 3.8) is 0 Å². The fraction of sp³-hybridized carbons (Fsp3) is 0.278. The van der Waals surface area contributed by atoms with Crippen LogP contribution < -0.4 is 0 Å². The second kappa shape index (κ2) is 6.38. The number of hydrogen-bond acceptors (Lipinski definition) is 2. The van der Waals surface area contributed by atoms with Crippen LogP contribution >= 0.6 is 0 Å². The maximum absolute atomic E-state index is 12.3. The van der Waals surface area contributed by atoms with Crippen molar-refractivity contribution in [2.45, 2.75) is 33.3 Å². The third-order valence-corrected chi connectivity index (χ3v) is 3.53. The number of carbonyl (C=O) groups is 1. The van der Waals surface area contributed by atoms with Gasteiger partial charge in [0.15, 0.2) is 0 Å². The third-order valence-electron chi connectivity index (χ3n) is 3.53. The Bertz CT molecular complexity index is 602. The Morgan fingerprint density at radius 2 is 1.75 bits per heavy atom. The van der Waals surface area contributed by atoms with E-state index in [9.17, 15) is 4.79 Å². The molecule has 1 atom stereocenters. The van der Waals surface area contributed by atoms with E-state index in [4.69, 9.17) is 4.74 Å². The zero-order valence-corrected chi connectivity index (χ0v) is 12.2. The van der Waals surface area contributed by atoms with Gasteiger partial charge in [0.2, 0.25) is 0 Å². The molecule has 104 valence electrons. The fourth-order valence-corrected chi connectivity index (χ4v) is 2.36. The number of ether oxygens (including phenoxy) is 1. The van der Waals surface area contributed by atoms with Gasteiger partial charge in [0, 0.05) is 0 Å². The van der Waals surface area contributed by atoms with E-state index in [0.717, 1.165) is 23.1 Å². The monoisotopic (exact) mass is 268 g/mol. The Morgan fingerprint density at radius 1 is 1.10 bits per heavy atom. The van der Waals surface area contributed by atoms with Gasteiger partial charge in [-0.1, -0.05) is 49.4 Å². The highest BCUT2D eigenvalue weighted by Crippen LogP contribution is 2.22. The predicted molar refractivity (Wildman–Crippen MR) is 80.8 cm³/mol. The number of carbonyl (C=O) groups excluding carboxylic acids is 1. The first-order chi connectivity index (χ1) is 9.63. The molecule has 1 unspecified atom stereocenters. The van der Waals surface area contributed by atoms with Gasteiger partial charge in [-0.25, -0.2) is 4.79 Å². The summed E-state index contributed by atoms with van der Waals surface area (Å²) in [6.07, 6.45) is 0.581. The van der Waals surface area contributed by atoms with Gasteiger partial charge in [0.1, 0.15) is 6.10 Å². The lowest BCUT2D eigenvalue weighted by atomic mass is 10.0. The molecule has 0 aliphatic rings. The largest absolute Gasteiger partial charge is 0.454 e. The Labute approximate surface area is 120 Å². The molecule has 0 fully saturated rings. The van der Waals surface area contributed by atoms with Crippen LogP contribution in [-0.2, 0) is 11.2 Å². The van der Waals surface area contributed by atoms with Crippen molar-refractivity contribution in [3.05, 3.63) is 70.8 Å². The van der Waals surface area contributed by atoms with Crippen molar-refractivity contribution in [1.82, 2.24) is 0 Å². The van der Waals surface area contributed by atoms with Gasteiger partial charge in [0.25, 0.3) is 0 Å². The highest BCUT2D eigenvalue weighted by molar-refractivity contribution is 5.91. The third kappa shape index (κ3) is 3.08. The number of esters is 1. The fourth-order valence-electron chi connectivity index (χ4n) is 2.36. The molecule has 0 bridgehead atoms. The lowest BCUT2D eigenvalue weighted by Crippen LogP contribution is -2.12. The predicted octanol–water partition coefficient (Wildman–Crippen LogP) is 4.48. The molecule has 0 aliphatic heterocycles. The van der Waals surface area contributed by atoms with Crippen molar-refractivity contribution < 1.29 is 9.53 Å². The van der Waals surface area contributed by atoms with Gasteiger partial charge in [-0.15, -0.1) is 0 Å². The Kier molecular flexibility index (Phi) is 4.57. The molecule has 0 spiro atoms. The maximum atomic E-state index is 12.3. The molecule has 20 heavy (non-hydrogen) atoms. The standard InChI is InChI=1S/C18H20O2/c1-4-15-10-6-8-12-17(15)18(19)20-14(3)16-11-7-5-9-13(16)2/h5-12,14H,4H2,1-3H3. The van der Waals surface area contributed by atoms with Crippen molar-refractivity contribution in [3.8, 4) is 0 Å². The van der Waals surface area contributed by atoms with E-state index in [1.54, 1.807) is 0 Å². The van der Waals surface area contributed by atoms with Crippen molar-refractivity contribution in [1.29, 1.82) is 0 Å². The van der Waals surface area contributed by atoms with Gasteiger partial charge in [0.05, 0.1) is 5.56 Å². The summed E-state index contributed by atoms with van der Waals surface area (Å²) in [6, 6.07) is 15.6. The van der Waals surface area contributed by atoms with E-state index < -0.39 is 0 Å². The molecular weight excluding hydrogens is 248 g/mol. The second-order valence-electron chi connectivity index (χ2n) is 4.91. The van der Waals surface area contributed by atoms with Crippen LogP contribution in [0.2, 0.25) is 0 Å². The number of aryl methyl sites for hydroxylation is 2. The maximum Gasteiger partial charge on any atom is 0.339 e. The second-order valence-corrected chi connectivity index (χ2v) is 4.91. The highest BCUT2D eigenvalue weighted by atomic mass is 16.5. The first-order valence-corrected chi connectivity index (χ1v) is 6.98. The van der Waals surface area contributed by atoms with E-state index in [1.807, 2.05) is 69.3 Å². The summed E-state index contributed by atoms with van der Waals surface area (Å²) in [6.45, 7) is 5.98. The molecule has 2 rings (SSSR count). The van der Waals surface area contributed by atoms with Gasteiger partial charge in [-0.2, -0.15) is 0 Å². The molecule has 0 aliphatic carbocycles. The zero-order valence-electron chi connectivity index (χ0n) is 12.2. The molecular formula is C18H20O2. The molecule has 2 nitrogen and oxygen atoms in total. The minimum absolute atomic E-state index is 0.242. The molecule has 0 N–H and O–H groups in total. The van der Waals surface area contributed by atoms with Crippen molar-refractivity contribution in [2.75, 3.05) is 0 Å². The van der Waals surface area contributed by atoms with Crippen LogP contribution in [0.25, 0.3) is 0 Å². The quantitative estimate of drug-likeness (QED) is 0.764.